The maximum Gasteiger partial charge on any atom is 0.129 e. The Morgan fingerprint density at radius 1 is 1.50 bits per heavy atom. The molecular weight excluding hydrogens is 228 g/mol. The Morgan fingerprint density at radius 2 is 2.28 bits per heavy atom. The fourth-order valence-electron chi connectivity index (χ4n) is 2.27. The lowest BCUT2D eigenvalue weighted by atomic mass is 9.91. The predicted octanol–water partition coefficient (Wildman–Crippen LogP) is 1.88. The fourth-order valence-corrected chi connectivity index (χ4v) is 2.27. The average Bonchev–Trinajstić information content (AvgIpc) is 2.32. The monoisotopic (exact) mass is 250 g/mol. The van der Waals surface area contributed by atoms with Gasteiger partial charge in [0, 0.05) is 25.4 Å². The molecule has 1 atom stereocenters. The van der Waals surface area contributed by atoms with E-state index >= 15 is 0 Å². The lowest BCUT2D eigenvalue weighted by Gasteiger charge is -2.38. The summed E-state index contributed by atoms with van der Waals surface area (Å²) in [6.07, 6.45) is 5.72. The van der Waals surface area contributed by atoms with Crippen LogP contribution in [0.4, 0.5) is 5.82 Å². The molecule has 18 heavy (non-hydrogen) atoms. The number of aliphatic hydroxyl groups is 2. The average molecular weight is 250 g/mol. The smallest absolute Gasteiger partial charge is 0.129 e. The Kier molecular flexibility index (Phi) is 4.55. The molecule has 1 aromatic heterocycles. The molecule has 1 aromatic rings. The standard InChI is InChI=1S/C14H22N2O2/c1-11(18)12-6-7-15-14(10-12)16(8-3-9-17)13-4-2-5-13/h6-7,10-11,13,17-18H,2-5,8-9H2,1H3/t11-/m1/s1. The Bertz CT molecular complexity index is 378. The lowest BCUT2D eigenvalue weighted by molar-refractivity contribution is 0.199. The van der Waals surface area contributed by atoms with Gasteiger partial charge in [-0.2, -0.15) is 0 Å². The zero-order chi connectivity index (χ0) is 13.0. The second kappa shape index (κ2) is 6.16. The van der Waals surface area contributed by atoms with E-state index in [0.717, 1.165) is 24.3 Å². The maximum absolute atomic E-state index is 9.63. The van der Waals surface area contributed by atoms with E-state index in [-0.39, 0.29) is 6.61 Å². The van der Waals surface area contributed by atoms with Crippen molar-refractivity contribution in [3.63, 3.8) is 0 Å². The molecule has 100 valence electrons. The highest BCUT2D eigenvalue weighted by Gasteiger charge is 2.25. The van der Waals surface area contributed by atoms with Crippen molar-refractivity contribution < 1.29 is 10.2 Å². The molecule has 1 fully saturated rings. The minimum Gasteiger partial charge on any atom is -0.396 e. The highest BCUT2D eigenvalue weighted by atomic mass is 16.3. The summed E-state index contributed by atoms with van der Waals surface area (Å²) in [5.74, 6) is 0.923. The van der Waals surface area contributed by atoms with Crippen molar-refractivity contribution in [3.8, 4) is 0 Å². The van der Waals surface area contributed by atoms with E-state index in [4.69, 9.17) is 5.11 Å². The van der Waals surface area contributed by atoms with Gasteiger partial charge in [0.05, 0.1) is 6.10 Å². The predicted molar refractivity (Wildman–Crippen MR) is 71.6 cm³/mol. The minimum absolute atomic E-state index is 0.208. The Labute approximate surface area is 108 Å². The van der Waals surface area contributed by atoms with Crippen molar-refractivity contribution in [2.45, 2.75) is 44.8 Å². The summed E-state index contributed by atoms with van der Waals surface area (Å²) < 4.78 is 0. The number of rotatable bonds is 6. The zero-order valence-corrected chi connectivity index (χ0v) is 10.9. The van der Waals surface area contributed by atoms with Crippen molar-refractivity contribution in [2.75, 3.05) is 18.1 Å². The van der Waals surface area contributed by atoms with Gasteiger partial charge in [0.2, 0.25) is 0 Å². The van der Waals surface area contributed by atoms with E-state index in [0.29, 0.717) is 6.04 Å². The van der Waals surface area contributed by atoms with Gasteiger partial charge in [-0.05, 0) is 50.3 Å². The van der Waals surface area contributed by atoms with Crippen molar-refractivity contribution in [1.82, 2.24) is 4.98 Å². The topological polar surface area (TPSA) is 56.6 Å². The van der Waals surface area contributed by atoms with Crippen LogP contribution in [-0.2, 0) is 0 Å². The molecule has 0 unspecified atom stereocenters. The molecule has 2 N–H and O–H groups in total. The molecule has 1 saturated carbocycles. The van der Waals surface area contributed by atoms with Gasteiger partial charge < -0.3 is 15.1 Å². The van der Waals surface area contributed by atoms with Crippen LogP contribution in [0, 0.1) is 0 Å². The molecule has 0 radical (unpaired) electrons. The molecule has 1 aliphatic carbocycles. The first kappa shape index (κ1) is 13.3. The van der Waals surface area contributed by atoms with E-state index < -0.39 is 6.10 Å². The summed E-state index contributed by atoms with van der Waals surface area (Å²) in [5, 5.41) is 18.6. The second-order valence-corrected chi connectivity index (χ2v) is 4.98. The van der Waals surface area contributed by atoms with Gasteiger partial charge in [-0.25, -0.2) is 4.98 Å². The first-order chi connectivity index (χ1) is 8.72. The van der Waals surface area contributed by atoms with E-state index in [1.165, 1.54) is 19.3 Å². The molecule has 2 rings (SSSR count). The summed E-state index contributed by atoms with van der Waals surface area (Å²) in [4.78, 5) is 6.68. The fraction of sp³-hybridized carbons (Fsp3) is 0.643. The second-order valence-electron chi connectivity index (χ2n) is 4.98. The van der Waals surface area contributed by atoms with E-state index in [1.807, 2.05) is 12.1 Å². The molecule has 0 saturated heterocycles. The van der Waals surface area contributed by atoms with Gasteiger partial charge in [0.15, 0.2) is 0 Å². The third-order valence-electron chi connectivity index (χ3n) is 3.62. The molecule has 1 heterocycles. The third-order valence-corrected chi connectivity index (χ3v) is 3.62. The summed E-state index contributed by atoms with van der Waals surface area (Å²) in [5.41, 5.74) is 0.897. The highest BCUT2D eigenvalue weighted by molar-refractivity contribution is 5.43. The van der Waals surface area contributed by atoms with Crippen LogP contribution < -0.4 is 4.90 Å². The van der Waals surface area contributed by atoms with Crippen molar-refractivity contribution in [3.05, 3.63) is 23.9 Å². The third kappa shape index (κ3) is 3.00. The minimum atomic E-state index is -0.465. The maximum atomic E-state index is 9.63. The molecule has 1 aliphatic rings. The van der Waals surface area contributed by atoms with Gasteiger partial charge in [0.25, 0.3) is 0 Å². The first-order valence-electron chi connectivity index (χ1n) is 6.74. The Hall–Kier alpha value is -1.13. The quantitative estimate of drug-likeness (QED) is 0.809. The van der Waals surface area contributed by atoms with Crippen molar-refractivity contribution >= 4 is 5.82 Å². The van der Waals surface area contributed by atoms with Crippen LogP contribution in [0.1, 0.15) is 44.3 Å². The lowest BCUT2D eigenvalue weighted by Crippen LogP contribution is -2.41. The van der Waals surface area contributed by atoms with E-state index in [9.17, 15) is 5.11 Å². The first-order valence-corrected chi connectivity index (χ1v) is 6.74. The van der Waals surface area contributed by atoms with Crippen LogP contribution in [-0.4, -0.2) is 34.4 Å². The van der Waals surface area contributed by atoms with Crippen molar-refractivity contribution in [1.29, 1.82) is 0 Å². The molecule has 4 nitrogen and oxygen atoms in total. The molecule has 0 amide bonds. The summed E-state index contributed by atoms with van der Waals surface area (Å²) in [6, 6.07) is 4.35. The summed E-state index contributed by atoms with van der Waals surface area (Å²) >= 11 is 0. The molecule has 4 heteroatoms. The molecule has 0 bridgehead atoms. The molecule has 0 aliphatic heterocycles. The van der Waals surface area contributed by atoms with Gasteiger partial charge in [-0.1, -0.05) is 0 Å². The number of aliphatic hydroxyl groups excluding tert-OH is 2. The number of hydrogen-bond donors (Lipinski definition) is 2. The van der Waals surface area contributed by atoms with E-state index in [1.54, 1.807) is 13.1 Å². The van der Waals surface area contributed by atoms with Gasteiger partial charge in [0.1, 0.15) is 5.82 Å². The Balaban J connectivity index is 2.15. The van der Waals surface area contributed by atoms with Crippen molar-refractivity contribution in [2.24, 2.45) is 0 Å². The normalized spacial score (nSPS) is 17.3. The molecule has 0 aromatic carbocycles. The number of anilines is 1. The van der Waals surface area contributed by atoms with Gasteiger partial charge in [-0.3, -0.25) is 0 Å². The number of aromatic nitrogens is 1. The summed E-state index contributed by atoms with van der Waals surface area (Å²) in [7, 11) is 0. The highest BCUT2D eigenvalue weighted by Crippen LogP contribution is 2.29. The van der Waals surface area contributed by atoms with Gasteiger partial charge in [-0.15, -0.1) is 0 Å². The largest absolute Gasteiger partial charge is 0.396 e. The zero-order valence-electron chi connectivity index (χ0n) is 10.9. The Morgan fingerprint density at radius 3 is 2.83 bits per heavy atom. The van der Waals surface area contributed by atoms with Crippen LogP contribution in [0.5, 0.6) is 0 Å². The number of pyridine rings is 1. The van der Waals surface area contributed by atoms with E-state index in [2.05, 4.69) is 9.88 Å². The summed E-state index contributed by atoms with van der Waals surface area (Å²) in [6.45, 7) is 2.80. The van der Waals surface area contributed by atoms with Crippen LogP contribution in [0.2, 0.25) is 0 Å². The van der Waals surface area contributed by atoms with Crippen LogP contribution in [0.3, 0.4) is 0 Å². The molecule has 0 spiro atoms. The number of nitrogens with zero attached hydrogens (tertiary/aromatic N) is 2. The SMILES string of the molecule is C[C@@H](O)c1ccnc(N(CCCO)C2CCC2)c1. The van der Waals surface area contributed by atoms with Crippen LogP contribution in [0.25, 0.3) is 0 Å². The number of hydrogen-bond acceptors (Lipinski definition) is 4. The van der Waals surface area contributed by atoms with Crippen LogP contribution >= 0.6 is 0 Å². The molecular formula is C14H22N2O2. The van der Waals surface area contributed by atoms with Crippen LogP contribution in [0.15, 0.2) is 18.3 Å². The van der Waals surface area contributed by atoms with Gasteiger partial charge >= 0.3 is 0 Å².